The zero-order chi connectivity index (χ0) is 17.9. The third-order valence-electron chi connectivity index (χ3n) is 3.41. The van der Waals surface area contributed by atoms with Crippen molar-refractivity contribution < 1.29 is 8.42 Å². The second-order valence-corrected chi connectivity index (χ2v) is 10.5. The molecular formula is C14H16ClN5O2S3. The average molecular weight is 418 g/mol. The maximum Gasteiger partial charge on any atom is 0.216 e. The van der Waals surface area contributed by atoms with Crippen LogP contribution in [-0.2, 0) is 16.4 Å². The van der Waals surface area contributed by atoms with E-state index < -0.39 is 9.84 Å². The van der Waals surface area contributed by atoms with Gasteiger partial charge in [0, 0.05) is 18.6 Å². The summed E-state index contributed by atoms with van der Waals surface area (Å²) >= 11 is 9.11. The second-order valence-electron chi connectivity index (χ2n) is 5.54. The number of hydrogen-bond donors (Lipinski definition) is 0. The molecule has 25 heavy (non-hydrogen) atoms. The van der Waals surface area contributed by atoms with E-state index in [4.69, 9.17) is 11.6 Å². The number of fused-ring (bicyclic) bond motifs is 1. The van der Waals surface area contributed by atoms with Crippen molar-refractivity contribution in [3.63, 3.8) is 0 Å². The van der Waals surface area contributed by atoms with Crippen molar-refractivity contribution >= 4 is 54.8 Å². The van der Waals surface area contributed by atoms with Gasteiger partial charge < -0.3 is 0 Å². The molecule has 0 spiro atoms. The van der Waals surface area contributed by atoms with Crippen LogP contribution in [0.5, 0.6) is 0 Å². The smallest absolute Gasteiger partial charge is 0.216 e. The van der Waals surface area contributed by atoms with Gasteiger partial charge in [-0.25, -0.2) is 18.1 Å². The fourth-order valence-electron chi connectivity index (χ4n) is 2.23. The first-order valence-corrected chi connectivity index (χ1v) is 11.7. The Bertz CT molecular complexity index is 970. The molecule has 3 aromatic rings. The molecule has 0 N–H and O–H groups in total. The number of aromatic nitrogens is 5. The van der Waals surface area contributed by atoms with Crippen LogP contribution in [0.3, 0.4) is 0 Å². The molecule has 11 heteroatoms. The zero-order valence-corrected chi connectivity index (χ0v) is 16.6. The van der Waals surface area contributed by atoms with Crippen LogP contribution in [0.25, 0.3) is 10.2 Å². The van der Waals surface area contributed by atoms with E-state index in [0.717, 1.165) is 27.4 Å². The summed E-state index contributed by atoms with van der Waals surface area (Å²) in [7, 11) is -2.89. The monoisotopic (exact) mass is 417 g/mol. The van der Waals surface area contributed by atoms with Crippen LogP contribution >= 0.6 is 34.7 Å². The Hall–Kier alpha value is -1.23. The first-order chi connectivity index (χ1) is 11.9. The Balaban J connectivity index is 1.60. The summed E-state index contributed by atoms with van der Waals surface area (Å²) in [6, 6.07) is 5.70. The molecule has 0 aliphatic heterocycles. The molecule has 7 nitrogen and oxygen atoms in total. The van der Waals surface area contributed by atoms with Gasteiger partial charge in [0.25, 0.3) is 0 Å². The third-order valence-corrected chi connectivity index (χ3v) is 6.80. The predicted octanol–water partition coefficient (Wildman–Crippen LogP) is 3.30. The first-order valence-electron chi connectivity index (χ1n) is 7.59. The summed E-state index contributed by atoms with van der Waals surface area (Å²) in [5.74, 6) is 0.219. The lowest BCUT2D eigenvalue weighted by molar-refractivity contribution is 0.505. The van der Waals surface area contributed by atoms with Crippen LogP contribution in [0.1, 0.15) is 19.3 Å². The van der Waals surface area contributed by atoms with E-state index in [0.29, 0.717) is 23.1 Å². The number of tetrazole rings is 1. The largest absolute Gasteiger partial charge is 0.229 e. The van der Waals surface area contributed by atoms with Gasteiger partial charge in [-0.3, -0.25) is 0 Å². The number of aryl methyl sites for hydroxylation is 1. The van der Waals surface area contributed by atoms with Gasteiger partial charge in [0.15, 0.2) is 4.34 Å². The predicted molar refractivity (Wildman–Crippen MR) is 100 cm³/mol. The molecule has 0 unspecified atom stereocenters. The molecule has 0 saturated heterocycles. The molecule has 3 rings (SSSR count). The highest BCUT2D eigenvalue weighted by Gasteiger charge is 2.13. The molecule has 2 aromatic heterocycles. The van der Waals surface area contributed by atoms with Gasteiger partial charge >= 0.3 is 0 Å². The molecule has 0 aliphatic carbocycles. The minimum atomic E-state index is -2.89. The van der Waals surface area contributed by atoms with Crippen molar-refractivity contribution in [2.24, 2.45) is 0 Å². The standard InChI is InChI=1S/C14H16ClN5O2S3/c1-25(21,22)9-4-2-3-8-20-13(17-18-19-20)24-14-16-12-10(15)6-5-7-11(12)23-14/h5-7H,2-4,8-9H2,1H3. The highest BCUT2D eigenvalue weighted by molar-refractivity contribution is 8.01. The molecule has 0 fully saturated rings. The number of hydrogen-bond acceptors (Lipinski definition) is 8. The summed E-state index contributed by atoms with van der Waals surface area (Å²) in [5.41, 5.74) is 0.788. The van der Waals surface area contributed by atoms with Gasteiger partial charge in [0.1, 0.15) is 15.4 Å². The van der Waals surface area contributed by atoms with Crippen molar-refractivity contribution in [3.05, 3.63) is 23.2 Å². The Kier molecular flexibility index (Phi) is 5.92. The fraction of sp³-hybridized carbons (Fsp3) is 0.429. The maximum absolute atomic E-state index is 11.1. The second kappa shape index (κ2) is 7.98. The van der Waals surface area contributed by atoms with Crippen molar-refractivity contribution in [2.75, 3.05) is 12.0 Å². The van der Waals surface area contributed by atoms with Crippen LogP contribution < -0.4 is 0 Å². The Morgan fingerprint density at radius 3 is 2.88 bits per heavy atom. The van der Waals surface area contributed by atoms with E-state index >= 15 is 0 Å². The molecule has 2 heterocycles. The minimum absolute atomic E-state index is 0.219. The van der Waals surface area contributed by atoms with Gasteiger partial charge in [-0.2, -0.15) is 0 Å². The highest BCUT2D eigenvalue weighted by atomic mass is 35.5. The van der Waals surface area contributed by atoms with Crippen LogP contribution in [0.2, 0.25) is 5.02 Å². The molecule has 134 valence electrons. The normalized spacial score (nSPS) is 12.1. The SMILES string of the molecule is CS(=O)(=O)CCCCCn1nnnc1Sc1nc2c(Cl)cccc2s1. The Labute approximate surface area is 158 Å². The van der Waals surface area contributed by atoms with E-state index in [1.165, 1.54) is 18.0 Å². The summed E-state index contributed by atoms with van der Waals surface area (Å²) in [6.45, 7) is 0.644. The minimum Gasteiger partial charge on any atom is -0.229 e. The Morgan fingerprint density at radius 2 is 2.12 bits per heavy atom. The number of nitrogens with zero attached hydrogens (tertiary/aromatic N) is 5. The van der Waals surface area contributed by atoms with Crippen molar-refractivity contribution in [1.82, 2.24) is 25.2 Å². The van der Waals surface area contributed by atoms with Crippen LogP contribution in [-0.4, -0.2) is 45.6 Å². The number of rotatable bonds is 8. The van der Waals surface area contributed by atoms with Gasteiger partial charge in [-0.15, -0.1) is 16.4 Å². The van der Waals surface area contributed by atoms with Crippen LogP contribution in [0, 0.1) is 0 Å². The first kappa shape index (κ1) is 18.6. The Morgan fingerprint density at radius 1 is 1.28 bits per heavy atom. The van der Waals surface area contributed by atoms with E-state index in [2.05, 4.69) is 20.5 Å². The maximum atomic E-state index is 11.1. The fourth-order valence-corrected chi connectivity index (χ4v) is 5.22. The van der Waals surface area contributed by atoms with Crippen molar-refractivity contribution in [3.8, 4) is 0 Å². The quantitative estimate of drug-likeness (QED) is 0.519. The lowest BCUT2D eigenvalue weighted by Gasteiger charge is -2.03. The number of thiazole rings is 1. The molecule has 0 saturated carbocycles. The number of halogens is 1. The lowest BCUT2D eigenvalue weighted by Crippen LogP contribution is -2.05. The van der Waals surface area contributed by atoms with Gasteiger partial charge in [0.05, 0.1) is 9.72 Å². The summed E-state index contributed by atoms with van der Waals surface area (Å²) in [6.07, 6.45) is 3.54. The molecular weight excluding hydrogens is 402 g/mol. The van der Waals surface area contributed by atoms with E-state index in [-0.39, 0.29) is 5.75 Å². The van der Waals surface area contributed by atoms with Crippen molar-refractivity contribution in [1.29, 1.82) is 0 Å². The van der Waals surface area contributed by atoms with Gasteiger partial charge in [0.2, 0.25) is 5.16 Å². The zero-order valence-electron chi connectivity index (χ0n) is 13.4. The number of benzene rings is 1. The van der Waals surface area contributed by atoms with E-state index in [1.807, 2.05) is 18.2 Å². The molecule has 0 amide bonds. The number of unbranched alkanes of at least 4 members (excludes halogenated alkanes) is 2. The molecule has 0 radical (unpaired) electrons. The topological polar surface area (TPSA) is 90.6 Å². The van der Waals surface area contributed by atoms with Gasteiger partial charge in [-0.05, 0) is 47.2 Å². The van der Waals surface area contributed by atoms with Crippen LogP contribution in [0.4, 0.5) is 0 Å². The molecule has 1 aromatic carbocycles. The summed E-state index contributed by atoms with van der Waals surface area (Å²) in [5, 5.41) is 13.1. The summed E-state index contributed by atoms with van der Waals surface area (Å²) in [4.78, 5) is 4.54. The number of sulfone groups is 1. The van der Waals surface area contributed by atoms with Crippen molar-refractivity contribution in [2.45, 2.75) is 35.3 Å². The van der Waals surface area contributed by atoms with Crippen LogP contribution in [0.15, 0.2) is 27.7 Å². The molecule has 0 aliphatic rings. The average Bonchev–Trinajstić information content (AvgIpc) is 3.14. The van der Waals surface area contributed by atoms with E-state index in [1.54, 1.807) is 16.0 Å². The van der Waals surface area contributed by atoms with Gasteiger partial charge in [-0.1, -0.05) is 24.1 Å². The summed E-state index contributed by atoms with van der Waals surface area (Å²) < 4.78 is 25.8. The molecule has 0 bridgehead atoms. The lowest BCUT2D eigenvalue weighted by atomic mass is 10.2. The third kappa shape index (κ3) is 5.13. The number of para-hydroxylation sites is 1. The van der Waals surface area contributed by atoms with E-state index in [9.17, 15) is 8.42 Å². The molecule has 0 atom stereocenters. The highest BCUT2D eigenvalue weighted by Crippen LogP contribution is 2.35.